The van der Waals surface area contributed by atoms with E-state index in [1.54, 1.807) is 6.08 Å². The summed E-state index contributed by atoms with van der Waals surface area (Å²) in [6.07, 6.45) is 32.5. The van der Waals surface area contributed by atoms with Crippen molar-refractivity contribution < 1.29 is 33.5 Å². The zero-order valence-corrected chi connectivity index (χ0v) is 30.1. The van der Waals surface area contributed by atoms with Gasteiger partial charge in [0.2, 0.25) is 5.91 Å². The monoisotopic (exact) mass is 672 g/mol. The van der Waals surface area contributed by atoms with Crippen LogP contribution in [-0.4, -0.2) is 59.0 Å². The van der Waals surface area contributed by atoms with Crippen molar-refractivity contribution in [3.63, 3.8) is 0 Å². The van der Waals surface area contributed by atoms with Crippen molar-refractivity contribution in [2.75, 3.05) is 19.8 Å². The molecule has 0 bridgehead atoms. The minimum atomic E-state index is -4.40. The van der Waals surface area contributed by atoms with E-state index >= 15 is 0 Å². The molecule has 9 nitrogen and oxygen atoms in total. The first-order valence-electron chi connectivity index (χ1n) is 18.2. The Morgan fingerprint density at radius 1 is 0.739 bits per heavy atom. The van der Waals surface area contributed by atoms with Crippen molar-refractivity contribution in [3.05, 3.63) is 36.5 Å². The average molecular weight is 673 g/mol. The maximum Gasteiger partial charge on any atom is 0.472 e. The highest BCUT2D eigenvalue weighted by molar-refractivity contribution is 7.47. The second-order valence-corrected chi connectivity index (χ2v) is 13.7. The maximum absolute atomic E-state index is 12.7. The Balaban J connectivity index is 4.53. The third-order valence-corrected chi connectivity index (χ3v) is 8.73. The molecular formula is C36H69N2O7P. The average Bonchev–Trinajstić information content (AvgIpc) is 3.03. The van der Waals surface area contributed by atoms with Gasteiger partial charge in [-0.3, -0.25) is 13.8 Å². The topological polar surface area (TPSA) is 151 Å². The Kier molecular flexibility index (Phi) is 31.3. The van der Waals surface area contributed by atoms with Crippen LogP contribution in [0.15, 0.2) is 36.5 Å². The van der Waals surface area contributed by atoms with Crippen LogP contribution in [0.2, 0.25) is 0 Å². The molecule has 4 atom stereocenters. The van der Waals surface area contributed by atoms with Gasteiger partial charge in [-0.1, -0.05) is 127 Å². The van der Waals surface area contributed by atoms with Crippen molar-refractivity contribution in [2.45, 2.75) is 167 Å². The molecule has 1 amide bonds. The first-order chi connectivity index (χ1) is 22.3. The van der Waals surface area contributed by atoms with Crippen LogP contribution in [0.25, 0.3) is 0 Å². The number of rotatable bonds is 33. The molecule has 4 unspecified atom stereocenters. The third-order valence-electron chi connectivity index (χ3n) is 7.74. The molecule has 0 aromatic carbocycles. The molecule has 0 spiro atoms. The van der Waals surface area contributed by atoms with Gasteiger partial charge in [0.25, 0.3) is 0 Å². The van der Waals surface area contributed by atoms with Crippen LogP contribution in [-0.2, 0) is 18.4 Å². The number of phosphoric acid groups is 1. The molecule has 0 rings (SSSR count). The quantitative estimate of drug-likeness (QED) is 0.0266. The molecule has 0 radical (unpaired) electrons. The highest BCUT2D eigenvalue weighted by Crippen LogP contribution is 2.43. The van der Waals surface area contributed by atoms with Gasteiger partial charge in [-0.05, 0) is 51.4 Å². The van der Waals surface area contributed by atoms with E-state index in [-0.39, 0.29) is 19.6 Å². The number of hydrogen-bond donors (Lipinski definition) is 5. The fourth-order valence-corrected chi connectivity index (χ4v) is 5.69. The van der Waals surface area contributed by atoms with Crippen molar-refractivity contribution in [1.82, 2.24) is 5.32 Å². The van der Waals surface area contributed by atoms with Crippen LogP contribution in [0.5, 0.6) is 0 Å². The molecule has 0 aromatic heterocycles. The molecule has 6 N–H and O–H groups in total. The normalized spacial score (nSPS) is 15.5. The highest BCUT2D eigenvalue weighted by Gasteiger charge is 2.27. The van der Waals surface area contributed by atoms with Gasteiger partial charge in [0.05, 0.1) is 37.9 Å². The van der Waals surface area contributed by atoms with Crippen LogP contribution in [0.1, 0.15) is 149 Å². The molecule has 0 aliphatic heterocycles. The molecule has 0 heterocycles. The summed E-state index contributed by atoms with van der Waals surface area (Å²) < 4.78 is 21.9. The van der Waals surface area contributed by atoms with Crippen molar-refractivity contribution in [2.24, 2.45) is 5.73 Å². The molecule has 0 aromatic rings. The number of phosphoric ester groups is 1. The van der Waals surface area contributed by atoms with Crippen LogP contribution < -0.4 is 11.1 Å². The first-order valence-corrected chi connectivity index (χ1v) is 19.7. The van der Waals surface area contributed by atoms with E-state index in [9.17, 15) is 24.5 Å². The SMILES string of the molecule is CCCC/C=C\CCCCC(O)CC(=O)NC(COP(=O)(O)OCCN)C(O)/C=C/CC/C=C/CCCCCCCCCCCC. The summed E-state index contributed by atoms with van der Waals surface area (Å²) in [4.78, 5) is 22.5. The van der Waals surface area contributed by atoms with Gasteiger partial charge >= 0.3 is 7.82 Å². The fourth-order valence-electron chi connectivity index (χ4n) is 4.93. The van der Waals surface area contributed by atoms with Crippen LogP contribution in [0, 0.1) is 0 Å². The molecule has 0 saturated heterocycles. The fraction of sp³-hybridized carbons (Fsp3) is 0.806. The minimum Gasteiger partial charge on any atom is -0.393 e. The molecular weight excluding hydrogens is 603 g/mol. The van der Waals surface area contributed by atoms with Gasteiger partial charge in [-0.2, -0.15) is 0 Å². The van der Waals surface area contributed by atoms with Crippen molar-refractivity contribution >= 4 is 13.7 Å². The number of nitrogens with two attached hydrogens (primary N) is 1. The predicted octanol–water partition coefficient (Wildman–Crippen LogP) is 8.19. The lowest BCUT2D eigenvalue weighted by molar-refractivity contribution is -0.124. The largest absolute Gasteiger partial charge is 0.472 e. The standard InChI is InChI=1S/C36H69N2O7P/c1-3-5-7-9-11-13-14-15-16-17-18-19-20-22-24-26-28-35(40)34(32-45-46(42,43)44-30-29-37)38-36(41)31-33(39)27-25-23-21-12-10-8-6-4-2/h10,12,19-20,26,28,33-35,39-40H,3-9,11,13-18,21-25,27,29-32,37H2,1-2H3,(H,38,41)(H,42,43)/b12-10-,20-19+,28-26+. The highest BCUT2D eigenvalue weighted by atomic mass is 31.2. The number of aliphatic hydroxyl groups excluding tert-OH is 2. The van der Waals surface area contributed by atoms with Gasteiger partial charge in [0.1, 0.15) is 0 Å². The number of unbranched alkanes of at least 4 members (excludes halogenated alkanes) is 15. The number of amides is 1. The number of carbonyl (C=O) groups is 1. The van der Waals surface area contributed by atoms with E-state index < -0.39 is 38.6 Å². The minimum absolute atomic E-state index is 0.0418. The summed E-state index contributed by atoms with van der Waals surface area (Å²) in [5.74, 6) is -0.474. The summed E-state index contributed by atoms with van der Waals surface area (Å²) in [7, 11) is -4.40. The number of hydrogen-bond acceptors (Lipinski definition) is 7. The molecule has 0 fully saturated rings. The van der Waals surface area contributed by atoms with Gasteiger partial charge in [-0.25, -0.2) is 4.57 Å². The smallest absolute Gasteiger partial charge is 0.393 e. The summed E-state index contributed by atoms with van der Waals surface area (Å²) in [5, 5.41) is 23.8. The Bertz CT molecular complexity index is 837. The molecule has 46 heavy (non-hydrogen) atoms. The summed E-state index contributed by atoms with van der Waals surface area (Å²) in [6.45, 7) is 3.84. The van der Waals surface area contributed by atoms with Gasteiger partial charge in [0.15, 0.2) is 0 Å². The third kappa shape index (κ3) is 30.0. The zero-order valence-electron chi connectivity index (χ0n) is 29.2. The second kappa shape index (κ2) is 32.2. The maximum atomic E-state index is 12.7. The number of nitrogens with one attached hydrogen (secondary N) is 1. The van der Waals surface area contributed by atoms with E-state index in [1.807, 2.05) is 6.08 Å². The van der Waals surface area contributed by atoms with Crippen LogP contribution in [0.4, 0.5) is 0 Å². The van der Waals surface area contributed by atoms with E-state index in [1.165, 1.54) is 77.0 Å². The number of carbonyl (C=O) groups excluding carboxylic acids is 1. The Hall–Kier alpha value is -1.32. The molecule has 0 aliphatic rings. The van der Waals surface area contributed by atoms with Crippen molar-refractivity contribution in [3.8, 4) is 0 Å². The zero-order chi connectivity index (χ0) is 34.1. The molecule has 0 saturated carbocycles. The van der Waals surface area contributed by atoms with E-state index in [0.29, 0.717) is 12.8 Å². The van der Waals surface area contributed by atoms with Crippen LogP contribution >= 0.6 is 7.82 Å². The lowest BCUT2D eigenvalue weighted by Crippen LogP contribution is -2.46. The van der Waals surface area contributed by atoms with Crippen LogP contribution in [0.3, 0.4) is 0 Å². The van der Waals surface area contributed by atoms with E-state index in [0.717, 1.165) is 38.5 Å². The van der Waals surface area contributed by atoms with E-state index in [4.69, 9.17) is 14.8 Å². The summed E-state index contributed by atoms with van der Waals surface area (Å²) in [6, 6.07) is -1.00. The lowest BCUT2D eigenvalue weighted by atomic mass is 10.1. The molecule has 270 valence electrons. The number of allylic oxidation sites excluding steroid dienone is 5. The Morgan fingerprint density at radius 3 is 1.87 bits per heavy atom. The predicted molar refractivity (Wildman–Crippen MR) is 190 cm³/mol. The van der Waals surface area contributed by atoms with Gasteiger partial charge in [-0.15, -0.1) is 0 Å². The molecule has 10 heteroatoms. The Morgan fingerprint density at radius 2 is 1.26 bits per heavy atom. The summed E-state index contributed by atoms with van der Waals surface area (Å²) >= 11 is 0. The second-order valence-electron chi connectivity index (χ2n) is 12.3. The number of aliphatic hydroxyl groups is 2. The van der Waals surface area contributed by atoms with Gasteiger partial charge < -0.3 is 26.2 Å². The molecule has 0 aliphatic carbocycles. The van der Waals surface area contributed by atoms with Crippen molar-refractivity contribution in [1.29, 1.82) is 0 Å². The summed E-state index contributed by atoms with van der Waals surface area (Å²) in [5.41, 5.74) is 5.33. The Labute approximate surface area is 281 Å². The first kappa shape index (κ1) is 44.7. The van der Waals surface area contributed by atoms with E-state index in [2.05, 4.69) is 43.5 Å². The lowest BCUT2D eigenvalue weighted by Gasteiger charge is -2.24. The van der Waals surface area contributed by atoms with Gasteiger partial charge in [0, 0.05) is 6.54 Å².